The first-order chi connectivity index (χ1) is 5.83. The SMILES string of the molecule is CC=CC.CCCCCCCC. The van der Waals surface area contributed by atoms with Gasteiger partial charge in [0.1, 0.15) is 0 Å². The van der Waals surface area contributed by atoms with Crippen LogP contribution in [0.1, 0.15) is 66.2 Å². The van der Waals surface area contributed by atoms with Gasteiger partial charge in [0.25, 0.3) is 0 Å². The van der Waals surface area contributed by atoms with Gasteiger partial charge < -0.3 is 0 Å². The maximum Gasteiger partial charge on any atom is -0.0470 e. The molecule has 0 heteroatoms. The molecular formula is C12H26. The Bertz CT molecular complexity index is 62.1. The minimum Gasteiger partial charge on any atom is -0.0919 e. The fraction of sp³-hybridized carbons (Fsp3) is 0.833. The van der Waals surface area contributed by atoms with Crippen molar-refractivity contribution in [3.63, 3.8) is 0 Å². The van der Waals surface area contributed by atoms with Gasteiger partial charge >= 0.3 is 0 Å². The number of allylic oxidation sites excluding steroid dienone is 2. The molecule has 0 amide bonds. The van der Waals surface area contributed by atoms with E-state index in [0.29, 0.717) is 0 Å². The molecule has 0 aliphatic carbocycles. The molecule has 12 heavy (non-hydrogen) atoms. The first-order valence-electron chi connectivity index (χ1n) is 5.40. The van der Waals surface area contributed by atoms with Crippen molar-refractivity contribution in [3.05, 3.63) is 12.2 Å². The van der Waals surface area contributed by atoms with E-state index in [-0.39, 0.29) is 0 Å². The highest BCUT2D eigenvalue weighted by Crippen LogP contribution is 2.03. The molecule has 0 nitrogen and oxygen atoms in total. The molecule has 0 saturated carbocycles. The highest BCUT2D eigenvalue weighted by atomic mass is 13.9. The molecule has 0 radical (unpaired) electrons. The second kappa shape index (κ2) is 17.0. The fourth-order valence-electron chi connectivity index (χ4n) is 0.854. The monoisotopic (exact) mass is 170 g/mol. The van der Waals surface area contributed by atoms with E-state index in [1.807, 2.05) is 26.0 Å². The molecule has 0 aromatic rings. The molecule has 0 spiro atoms. The van der Waals surface area contributed by atoms with E-state index in [2.05, 4.69) is 13.8 Å². The summed E-state index contributed by atoms with van der Waals surface area (Å²) < 4.78 is 0. The highest BCUT2D eigenvalue weighted by Gasteiger charge is 1.83. The van der Waals surface area contributed by atoms with Crippen molar-refractivity contribution < 1.29 is 0 Å². The van der Waals surface area contributed by atoms with Crippen LogP contribution in [0.5, 0.6) is 0 Å². The standard InChI is InChI=1S/C8H18.C4H8/c1-3-5-7-8-6-4-2;1-3-4-2/h3-8H2,1-2H3;3-4H,1-2H3. The largest absolute Gasteiger partial charge is 0.0919 e. The zero-order chi connectivity index (χ0) is 9.66. The summed E-state index contributed by atoms with van der Waals surface area (Å²) >= 11 is 0. The minimum atomic E-state index is 1.36. The summed E-state index contributed by atoms with van der Waals surface area (Å²) in [5, 5.41) is 0. The Hall–Kier alpha value is -0.260. The number of rotatable bonds is 5. The molecule has 74 valence electrons. The summed E-state index contributed by atoms with van der Waals surface area (Å²) in [5.74, 6) is 0. The number of hydrogen-bond acceptors (Lipinski definition) is 0. The zero-order valence-corrected chi connectivity index (χ0v) is 9.40. The second-order valence-corrected chi connectivity index (χ2v) is 3.08. The average molecular weight is 170 g/mol. The summed E-state index contributed by atoms with van der Waals surface area (Å²) in [5.41, 5.74) is 0. The quantitative estimate of drug-likeness (QED) is 0.404. The van der Waals surface area contributed by atoms with Crippen LogP contribution in [0.15, 0.2) is 12.2 Å². The predicted octanol–water partition coefficient (Wildman–Crippen LogP) is 4.95. The van der Waals surface area contributed by atoms with Crippen LogP contribution in [0.3, 0.4) is 0 Å². The van der Waals surface area contributed by atoms with E-state index in [0.717, 1.165) is 0 Å². The fourth-order valence-corrected chi connectivity index (χ4v) is 0.854. The molecule has 0 bridgehead atoms. The average Bonchev–Trinajstić information content (AvgIpc) is 2.13. The maximum absolute atomic E-state index is 2.26. The van der Waals surface area contributed by atoms with Crippen LogP contribution in [-0.2, 0) is 0 Å². The van der Waals surface area contributed by atoms with Gasteiger partial charge in [-0.1, -0.05) is 64.5 Å². The van der Waals surface area contributed by atoms with Gasteiger partial charge in [0.05, 0.1) is 0 Å². The molecule has 0 unspecified atom stereocenters. The lowest BCUT2D eigenvalue weighted by molar-refractivity contribution is 0.624. The molecule has 0 aliphatic heterocycles. The van der Waals surface area contributed by atoms with Crippen LogP contribution < -0.4 is 0 Å². The molecular weight excluding hydrogens is 144 g/mol. The van der Waals surface area contributed by atoms with Gasteiger partial charge in [-0.25, -0.2) is 0 Å². The Labute approximate surface area is 79.1 Å². The molecule has 0 fully saturated rings. The van der Waals surface area contributed by atoms with Crippen molar-refractivity contribution in [2.24, 2.45) is 0 Å². The summed E-state index contributed by atoms with van der Waals surface area (Å²) in [6.07, 6.45) is 12.5. The molecule has 0 aromatic heterocycles. The third-order valence-electron chi connectivity index (χ3n) is 1.79. The number of hydrogen-bond donors (Lipinski definition) is 0. The second-order valence-electron chi connectivity index (χ2n) is 3.08. The smallest absolute Gasteiger partial charge is 0.0470 e. The van der Waals surface area contributed by atoms with E-state index < -0.39 is 0 Å². The van der Waals surface area contributed by atoms with Gasteiger partial charge in [0.15, 0.2) is 0 Å². The normalized spacial score (nSPS) is 9.67. The molecule has 0 aliphatic rings. The molecule has 0 aromatic carbocycles. The van der Waals surface area contributed by atoms with E-state index in [4.69, 9.17) is 0 Å². The van der Waals surface area contributed by atoms with Gasteiger partial charge in [0.2, 0.25) is 0 Å². The van der Waals surface area contributed by atoms with Gasteiger partial charge in [0, 0.05) is 0 Å². The summed E-state index contributed by atoms with van der Waals surface area (Å²) in [4.78, 5) is 0. The van der Waals surface area contributed by atoms with Crippen molar-refractivity contribution in [1.29, 1.82) is 0 Å². The van der Waals surface area contributed by atoms with Crippen LogP contribution in [0, 0.1) is 0 Å². The topological polar surface area (TPSA) is 0 Å². The van der Waals surface area contributed by atoms with Crippen LogP contribution in [0.4, 0.5) is 0 Å². The minimum absolute atomic E-state index is 1.36. The molecule has 0 rings (SSSR count). The zero-order valence-electron chi connectivity index (χ0n) is 9.40. The summed E-state index contributed by atoms with van der Waals surface area (Å²) in [6.45, 7) is 8.51. The third-order valence-corrected chi connectivity index (χ3v) is 1.79. The Morgan fingerprint density at radius 1 is 0.667 bits per heavy atom. The van der Waals surface area contributed by atoms with Crippen molar-refractivity contribution in [3.8, 4) is 0 Å². The van der Waals surface area contributed by atoms with Crippen molar-refractivity contribution >= 4 is 0 Å². The van der Waals surface area contributed by atoms with Crippen molar-refractivity contribution in [1.82, 2.24) is 0 Å². The molecule has 0 heterocycles. The predicted molar refractivity (Wildman–Crippen MR) is 59.5 cm³/mol. The lowest BCUT2D eigenvalue weighted by Crippen LogP contribution is -1.73. The summed E-state index contributed by atoms with van der Waals surface area (Å²) in [7, 11) is 0. The van der Waals surface area contributed by atoms with Crippen LogP contribution in [0.2, 0.25) is 0 Å². The lowest BCUT2D eigenvalue weighted by atomic mass is 10.1. The number of unbranched alkanes of at least 4 members (excludes halogenated alkanes) is 5. The Balaban J connectivity index is 0. The van der Waals surface area contributed by atoms with E-state index in [9.17, 15) is 0 Å². The Morgan fingerprint density at radius 3 is 1.17 bits per heavy atom. The summed E-state index contributed by atoms with van der Waals surface area (Å²) in [6, 6.07) is 0. The third kappa shape index (κ3) is 22.6. The first kappa shape index (κ1) is 14.3. The molecule has 0 atom stereocenters. The highest BCUT2D eigenvalue weighted by molar-refractivity contribution is 4.68. The van der Waals surface area contributed by atoms with Gasteiger partial charge in [-0.05, 0) is 13.8 Å². The maximum atomic E-state index is 2.26. The van der Waals surface area contributed by atoms with Crippen LogP contribution in [-0.4, -0.2) is 0 Å². The van der Waals surface area contributed by atoms with Crippen LogP contribution in [0.25, 0.3) is 0 Å². The first-order valence-corrected chi connectivity index (χ1v) is 5.40. The van der Waals surface area contributed by atoms with E-state index >= 15 is 0 Å². The van der Waals surface area contributed by atoms with Crippen LogP contribution >= 0.6 is 0 Å². The Kier molecular flexibility index (Phi) is 20.2. The van der Waals surface area contributed by atoms with Crippen molar-refractivity contribution in [2.45, 2.75) is 66.2 Å². The van der Waals surface area contributed by atoms with Gasteiger partial charge in [-0.2, -0.15) is 0 Å². The Morgan fingerprint density at radius 2 is 1.00 bits per heavy atom. The molecule has 0 saturated heterocycles. The van der Waals surface area contributed by atoms with Gasteiger partial charge in [-0.15, -0.1) is 0 Å². The van der Waals surface area contributed by atoms with E-state index in [1.165, 1.54) is 38.5 Å². The molecule has 0 N–H and O–H groups in total. The lowest BCUT2D eigenvalue weighted by Gasteiger charge is -1.93. The van der Waals surface area contributed by atoms with Gasteiger partial charge in [-0.3, -0.25) is 0 Å². The van der Waals surface area contributed by atoms with E-state index in [1.54, 1.807) is 0 Å². The van der Waals surface area contributed by atoms with Crippen molar-refractivity contribution in [2.75, 3.05) is 0 Å².